The van der Waals surface area contributed by atoms with E-state index in [4.69, 9.17) is 10.6 Å². The summed E-state index contributed by atoms with van der Waals surface area (Å²) in [5.41, 5.74) is 3.11. The first-order chi connectivity index (χ1) is 6.19. The maximum absolute atomic E-state index is 11.0. The van der Waals surface area contributed by atoms with E-state index in [2.05, 4.69) is 4.98 Å². The summed E-state index contributed by atoms with van der Waals surface area (Å²) in [6.07, 6.45) is 0. The van der Waals surface area contributed by atoms with Crippen LogP contribution in [-0.4, -0.2) is 18.0 Å². The zero-order valence-corrected chi connectivity index (χ0v) is 7.50. The van der Waals surface area contributed by atoms with E-state index in [-0.39, 0.29) is 5.69 Å². The Morgan fingerprint density at radius 1 is 1.62 bits per heavy atom. The van der Waals surface area contributed by atoms with E-state index in [1.165, 1.54) is 7.11 Å². The molecular weight excluding hydrogens is 170 g/mol. The van der Waals surface area contributed by atoms with Crippen molar-refractivity contribution in [3.05, 3.63) is 23.4 Å². The maximum atomic E-state index is 11.0. The predicted octanol–water partition coefficient (Wildman–Crippen LogP) is 0.00212. The minimum Gasteiger partial charge on any atom is -0.481 e. The highest BCUT2D eigenvalue weighted by atomic mass is 16.5. The molecule has 0 spiro atoms. The maximum Gasteiger partial charge on any atom is 0.283 e. The molecule has 0 saturated heterocycles. The lowest BCUT2D eigenvalue weighted by Gasteiger charge is -2.04. The van der Waals surface area contributed by atoms with Crippen molar-refractivity contribution < 1.29 is 9.53 Å². The fourth-order valence-corrected chi connectivity index (χ4v) is 0.917. The van der Waals surface area contributed by atoms with Gasteiger partial charge in [-0.1, -0.05) is 6.07 Å². The molecule has 1 aromatic rings. The van der Waals surface area contributed by atoms with E-state index in [0.29, 0.717) is 5.88 Å². The number of aryl methyl sites for hydroxylation is 1. The molecule has 0 aliphatic rings. The number of nitrogens with one attached hydrogen (secondary N) is 1. The molecule has 1 aromatic heterocycles. The highest BCUT2D eigenvalue weighted by Gasteiger charge is 2.07. The molecule has 0 radical (unpaired) electrons. The summed E-state index contributed by atoms with van der Waals surface area (Å²) >= 11 is 0. The Kier molecular flexibility index (Phi) is 2.81. The number of carbonyl (C=O) groups excluding carboxylic acids is 1. The summed E-state index contributed by atoms with van der Waals surface area (Å²) in [6.45, 7) is 1.84. The molecule has 13 heavy (non-hydrogen) atoms. The molecule has 1 rings (SSSR count). The van der Waals surface area contributed by atoms with Crippen molar-refractivity contribution in [1.82, 2.24) is 10.4 Å². The SMILES string of the molecule is COc1nc(C(=O)NN)ccc1C. The second kappa shape index (κ2) is 3.86. The number of pyridine rings is 1. The molecular formula is C8H11N3O2. The Labute approximate surface area is 75.9 Å². The van der Waals surface area contributed by atoms with Gasteiger partial charge in [0.25, 0.3) is 5.91 Å². The molecule has 0 atom stereocenters. The number of nitrogens with two attached hydrogens (primary N) is 1. The zero-order chi connectivity index (χ0) is 9.84. The van der Waals surface area contributed by atoms with E-state index in [0.717, 1.165) is 5.56 Å². The second-order valence-corrected chi connectivity index (χ2v) is 2.50. The van der Waals surface area contributed by atoms with Gasteiger partial charge in [0.05, 0.1) is 7.11 Å². The number of nitrogens with zero attached hydrogens (tertiary/aromatic N) is 1. The Hall–Kier alpha value is -1.62. The van der Waals surface area contributed by atoms with E-state index in [1.54, 1.807) is 12.1 Å². The van der Waals surface area contributed by atoms with Crippen LogP contribution >= 0.6 is 0 Å². The van der Waals surface area contributed by atoms with Crippen LogP contribution in [0.2, 0.25) is 0 Å². The standard InChI is InChI=1S/C8H11N3O2/c1-5-3-4-6(7(12)11-9)10-8(5)13-2/h3-4H,9H2,1-2H3,(H,11,12). The Balaban J connectivity index is 3.06. The number of hydrazine groups is 1. The second-order valence-electron chi connectivity index (χ2n) is 2.50. The first kappa shape index (κ1) is 9.47. The summed E-state index contributed by atoms with van der Waals surface area (Å²) in [4.78, 5) is 15.0. The summed E-state index contributed by atoms with van der Waals surface area (Å²) in [6, 6.07) is 3.33. The first-order valence-corrected chi connectivity index (χ1v) is 3.71. The van der Waals surface area contributed by atoms with E-state index in [1.807, 2.05) is 12.3 Å². The lowest BCUT2D eigenvalue weighted by molar-refractivity contribution is 0.0948. The number of amides is 1. The van der Waals surface area contributed by atoms with Crippen LogP contribution in [0.1, 0.15) is 16.1 Å². The van der Waals surface area contributed by atoms with Gasteiger partial charge in [0.1, 0.15) is 5.69 Å². The number of nitrogen functional groups attached to an aromatic ring is 1. The Bertz CT molecular complexity index is 325. The normalized spacial score (nSPS) is 9.46. The largest absolute Gasteiger partial charge is 0.481 e. The third kappa shape index (κ3) is 1.94. The molecule has 5 nitrogen and oxygen atoms in total. The van der Waals surface area contributed by atoms with Gasteiger partial charge in [0, 0.05) is 5.56 Å². The topological polar surface area (TPSA) is 77.2 Å². The monoisotopic (exact) mass is 181 g/mol. The molecule has 0 unspecified atom stereocenters. The number of hydrogen-bond acceptors (Lipinski definition) is 4. The summed E-state index contributed by atoms with van der Waals surface area (Å²) in [5.74, 6) is 4.95. The van der Waals surface area contributed by atoms with Crippen molar-refractivity contribution in [2.24, 2.45) is 5.84 Å². The van der Waals surface area contributed by atoms with Crippen LogP contribution in [-0.2, 0) is 0 Å². The van der Waals surface area contributed by atoms with Gasteiger partial charge in [-0.25, -0.2) is 10.8 Å². The molecule has 0 bridgehead atoms. The van der Waals surface area contributed by atoms with Gasteiger partial charge in [-0.05, 0) is 13.0 Å². The van der Waals surface area contributed by atoms with Crippen molar-refractivity contribution in [3.8, 4) is 5.88 Å². The van der Waals surface area contributed by atoms with Crippen molar-refractivity contribution in [1.29, 1.82) is 0 Å². The Morgan fingerprint density at radius 3 is 2.85 bits per heavy atom. The first-order valence-electron chi connectivity index (χ1n) is 3.71. The highest BCUT2D eigenvalue weighted by molar-refractivity contribution is 5.91. The van der Waals surface area contributed by atoms with Crippen LogP contribution < -0.4 is 16.0 Å². The lowest BCUT2D eigenvalue weighted by atomic mass is 10.2. The van der Waals surface area contributed by atoms with Crippen LogP contribution in [0.5, 0.6) is 5.88 Å². The van der Waals surface area contributed by atoms with Gasteiger partial charge >= 0.3 is 0 Å². The number of carbonyl (C=O) groups is 1. The molecule has 70 valence electrons. The molecule has 5 heteroatoms. The lowest BCUT2D eigenvalue weighted by Crippen LogP contribution is -2.30. The zero-order valence-electron chi connectivity index (χ0n) is 7.50. The fraction of sp³-hybridized carbons (Fsp3) is 0.250. The van der Waals surface area contributed by atoms with E-state index < -0.39 is 5.91 Å². The highest BCUT2D eigenvalue weighted by Crippen LogP contribution is 2.13. The number of aromatic nitrogens is 1. The molecule has 0 aromatic carbocycles. The number of ether oxygens (including phenoxy) is 1. The van der Waals surface area contributed by atoms with Gasteiger partial charge in [-0.15, -0.1) is 0 Å². The summed E-state index contributed by atoms with van der Waals surface area (Å²) < 4.78 is 4.95. The average Bonchev–Trinajstić information content (AvgIpc) is 2.17. The predicted molar refractivity (Wildman–Crippen MR) is 47.2 cm³/mol. The smallest absolute Gasteiger partial charge is 0.283 e. The van der Waals surface area contributed by atoms with Gasteiger partial charge in [-0.2, -0.15) is 0 Å². The number of rotatable bonds is 2. The molecule has 1 heterocycles. The minimum atomic E-state index is -0.432. The van der Waals surface area contributed by atoms with Gasteiger partial charge in [0.15, 0.2) is 0 Å². The van der Waals surface area contributed by atoms with Crippen LogP contribution in [0.4, 0.5) is 0 Å². The van der Waals surface area contributed by atoms with E-state index in [9.17, 15) is 4.79 Å². The molecule has 3 N–H and O–H groups in total. The van der Waals surface area contributed by atoms with E-state index >= 15 is 0 Å². The van der Waals surface area contributed by atoms with Crippen LogP contribution in [0.3, 0.4) is 0 Å². The van der Waals surface area contributed by atoms with Crippen molar-refractivity contribution >= 4 is 5.91 Å². The Morgan fingerprint density at radius 2 is 2.31 bits per heavy atom. The molecule has 0 saturated carbocycles. The number of methoxy groups -OCH3 is 1. The fourth-order valence-electron chi connectivity index (χ4n) is 0.917. The average molecular weight is 181 g/mol. The quantitative estimate of drug-likeness (QED) is 0.382. The molecule has 0 fully saturated rings. The van der Waals surface area contributed by atoms with Gasteiger partial charge in [0.2, 0.25) is 5.88 Å². The third-order valence-electron chi connectivity index (χ3n) is 1.61. The molecule has 1 amide bonds. The van der Waals surface area contributed by atoms with Gasteiger partial charge < -0.3 is 4.74 Å². The van der Waals surface area contributed by atoms with Crippen LogP contribution in [0.25, 0.3) is 0 Å². The summed E-state index contributed by atoms with van der Waals surface area (Å²) in [7, 11) is 1.50. The van der Waals surface area contributed by atoms with Crippen molar-refractivity contribution in [2.75, 3.05) is 7.11 Å². The molecule has 0 aliphatic heterocycles. The van der Waals surface area contributed by atoms with Crippen LogP contribution in [0, 0.1) is 6.92 Å². The van der Waals surface area contributed by atoms with Crippen molar-refractivity contribution in [3.63, 3.8) is 0 Å². The minimum absolute atomic E-state index is 0.241. The third-order valence-corrected chi connectivity index (χ3v) is 1.61. The van der Waals surface area contributed by atoms with Crippen LogP contribution in [0.15, 0.2) is 12.1 Å². The summed E-state index contributed by atoms with van der Waals surface area (Å²) in [5, 5.41) is 0. The molecule has 0 aliphatic carbocycles. The number of hydrogen-bond donors (Lipinski definition) is 2. The van der Waals surface area contributed by atoms with Crippen molar-refractivity contribution in [2.45, 2.75) is 6.92 Å². The van der Waals surface area contributed by atoms with Gasteiger partial charge in [-0.3, -0.25) is 10.2 Å².